The SMILES string of the molecule is COc1ccc(COc2cnccc2NS(=O)(=O)c2cccc(Cl)c2C)cc1OCCN(C)C. The van der Waals surface area contributed by atoms with E-state index in [1.54, 1.807) is 32.2 Å². The molecule has 1 heterocycles. The number of halogens is 1. The van der Waals surface area contributed by atoms with E-state index in [4.69, 9.17) is 25.8 Å². The molecule has 0 radical (unpaired) electrons. The molecule has 34 heavy (non-hydrogen) atoms. The lowest BCUT2D eigenvalue weighted by Gasteiger charge is -2.16. The summed E-state index contributed by atoms with van der Waals surface area (Å²) in [6.45, 7) is 3.09. The number of pyridine rings is 1. The van der Waals surface area contributed by atoms with Crippen LogP contribution in [0.15, 0.2) is 59.8 Å². The van der Waals surface area contributed by atoms with E-state index < -0.39 is 10.0 Å². The second-order valence-electron chi connectivity index (χ2n) is 7.77. The van der Waals surface area contributed by atoms with Crippen molar-refractivity contribution in [2.75, 3.05) is 39.1 Å². The maximum Gasteiger partial charge on any atom is 0.262 e. The Bertz CT molecular complexity index is 1240. The van der Waals surface area contributed by atoms with E-state index in [-0.39, 0.29) is 22.9 Å². The first kappa shape index (κ1) is 25.6. The minimum atomic E-state index is -3.89. The fourth-order valence-corrected chi connectivity index (χ4v) is 4.65. The molecule has 0 spiro atoms. The van der Waals surface area contributed by atoms with Crippen LogP contribution in [0.3, 0.4) is 0 Å². The van der Waals surface area contributed by atoms with E-state index in [2.05, 4.69) is 9.71 Å². The van der Waals surface area contributed by atoms with E-state index >= 15 is 0 Å². The number of hydrogen-bond acceptors (Lipinski definition) is 7. The number of nitrogens with one attached hydrogen (secondary N) is 1. The summed E-state index contributed by atoms with van der Waals surface area (Å²) in [5, 5.41) is 0.372. The van der Waals surface area contributed by atoms with Crippen LogP contribution in [-0.4, -0.2) is 52.7 Å². The smallest absolute Gasteiger partial charge is 0.262 e. The largest absolute Gasteiger partial charge is 0.493 e. The number of benzene rings is 2. The molecule has 10 heteroatoms. The molecular weight excluding hydrogens is 478 g/mol. The van der Waals surface area contributed by atoms with Gasteiger partial charge < -0.3 is 19.1 Å². The lowest BCUT2D eigenvalue weighted by atomic mass is 10.2. The van der Waals surface area contributed by atoms with E-state index in [1.807, 2.05) is 31.1 Å². The molecule has 1 aromatic heterocycles. The first-order valence-corrected chi connectivity index (χ1v) is 12.4. The molecule has 2 aromatic carbocycles. The summed E-state index contributed by atoms with van der Waals surface area (Å²) in [5.74, 6) is 1.51. The molecule has 0 aliphatic rings. The van der Waals surface area contributed by atoms with Crippen LogP contribution < -0.4 is 18.9 Å². The number of aromatic nitrogens is 1. The van der Waals surface area contributed by atoms with Gasteiger partial charge in [0, 0.05) is 17.8 Å². The average molecular weight is 506 g/mol. The van der Waals surface area contributed by atoms with Crippen LogP contribution in [0.4, 0.5) is 5.69 Å². The topological polar surface area (TPSA) is 90.0 Å². The van der Waals surface area contributed by atoms with Crippen LogP contribution in [-0.2, 0) is 16.6 Å². The Hall–Kier alpha value is -3.01. The van der Waals surface area contributed by atoms with Crippen molar-refractivity contribution >= 4 is 27.3 Å². The maximum absolute atomic E-state index is 13.0. The van der Waals surface area contributed by atoms with Gasteiger partial charge in [0.1, 0.15) is 13.2 Å². The van der Waals surface area contributed by atoms with Gasteiger partial charge in [-0.2, -0.15) is 0 Å². The zero-order chi connectivity index (χ0) is 24.7. The van der Waals surface area contributed by atoms with Crippen molar-refractivity contribution in [3.63, 3.8) is 0 Å². The first-order chi connectivity index (χ1) is 16.2. The number of anilines is 1. The highest BCUT2D eigenvalue weighted by molar-refractivity contribution is 7.92. The quantitative estimate of drug-likeness (QED) is 0.413. The zero-order valence-electron chi connectivity index (χ0n) is 19.5. The fraction of sp³-hybridized carbons (Fsp3) is 0.292. The normalized spacial score (nSPS) is 11.4. The van der Waals surface area contributed by atoms with Crippen molar-refractivity contribution in [3.8, 4) is 17.2 Å². The highest BCUT2D eigenvalue weighted by Crippen LogP contribution is 2.31. The number of hydrogen-bond donors (Lipinski definition) is 1. The van der Waals surface area contributed by atoms with Crippen molar-refractivity contribution in [2.24, 2.45) is 0 Å². The third-order valence-corrected chi connectivity index (χ3v) is 6.87. The van der Waals surface area contributed by atoms with Gasteiger partial charge in [-0.3, -0.25) is 9.71 Å². The molecule has 0 amide bonds. The molecule has 182 valence electrons. The standard InChI is InChI=1S/C24H28ClN3O5S/c1-17-19(25)6-5-7-24(17)34(29,30)27-20-10-11-26-15-23(20)33-16-18-8-9-21(31-4)22(14-18)32-13-12-28(2)3/h5-11,14-15H,12-13,16H2,1-4H3,(H,26,27). The van der Waals surface area contributed by atoms with Crippen LogP contribution in [0.1, 0.15) is 11.1 Å². The van der Waals surface area contributed by atoms with Crippen LogP contribution in [0.5, 0.6) is 17.2 Å². The highest BCUT2D eigenvalue weighted by Gasteiger charge is 2.20. The van der Waals surface area contributed by atoms with E-state index in [1.165, 1.54) is 24.5 Å². The molecule has 3 rings (SSSR count). The molecule has 3 aromatic rings. The average Bonchev–Trinajstić information content (AvgIpc) is 2.80. The van der Waals surface area contributed by atoms with Gasteiger partial charge in [-0.05, 0) is 62.5 Å². The molecule has 0 saturated carbocycles. The highest BCUT2D eigenvalue weighted by atomic mass is 35.5. The zero-order valence-corrected chi connectivity index (χ0v) is 21.1. The van der Waals surface area contributed by atoms with Crippen molar-refractivity contribution < 1.29 is 22.6 Å². The number of ether oxygens (including phenoxy) is 3. The second kappa shape index (κ2) is 11.4. The van der Waals surface area contributed by atoms with Gasteiger partial charge in [-0.15, -0.1) is 0 Å². The van der Waals surface area contributed by atoms with Crippen LogP contribution in [0, 0.1) is 6.92 Å². The van der Waals surface area contributed by atoms with Crippen molar-refractivity contribution in [2.45, 2.75) is 18.4 Å². The lowest BCUT2D eigenvalue weighted by Crippen LogP contribution is -2.19. The summed E-state index contributed by atoms with van der Waals surface area (Å²) in [7, 11) is 1.64. The summed E-state index contributed by atoms with van der Waals surface area (Å²) in [4.78, 5) is 6.18. The van der Waals surface area contributed by atoms with Gasteiger partial charge in [0.25, 0.3) is 10.0 Å². The van der Waals surface area contributed by atoms with Gasteiger partial charge in [-0.1, -0.05) is 23.7 Å². The summed E-state index contributed by atoms with van der Waals surface area (Å²) in [6, 6.07) is 11.8. The molecular formula is C24H28ClN3O5S. The Morgan fingerprint density at radius 1 is 1.06 bits per heavy atom. The van der Waals surface area contributed by atoms with Gasteiger partial charge in [0.2, 0.25) is 0 Å². The monoisotopic (exact) mass is 505 g/mol. The minimum absolute atomic E-state index is 0.0948. The van der Waals surface area contributed by atoms with E-state index in [0.717, 1.165) is 12.1 Å². The van der Waals surface area contributed by atoms with Crippen LogP contribution >= 0.6 is 11.6 Å². The predicted molar refractivity (Wildman–Crippen MR) is 133 cm³/mol. The van der Waals surface area contributed by atoms with E-state index in [9.17, 15) is 8.42 Å². The second-order valence-corrected chi connectivity index (χ2v) is 9.82. The van der Waals surface area contributed by atoms with Crippen molar-refractivity contribution in [1.82, 2.24) is 9.88 Å². The number of sulfonamides is 1. The molecule has 0 unspecified atom stereocenters. The minimum Gasteiger partial charge on any atom is -0.493 e. The first-order valence-electron chi connectivity index (χ1n) is 10.5. The summed E-state index contributed by atoms with van der Waals surface area (Å²) in [5.41, 5.74) is 1.56. The van der Waals surface area contributed by atoms with Crippen molar-refractivity contribution in [1.29, 1.82) is 0 Å². The maximum atomic E-state index is 13.0. The van der Waals surface area contributed by atoms with Crippen molar-refractivity contribution in [3.05, 3.63) is 71.0 Å². The molecule has 0 aliphatic heterocycles. The van der Waals surface area contributed by atoms with Gasteiger partial charge in [0.15, 0.2) is 17.2 Å². The Morgan fingerprint density at radius 3 is 2.59 bits per heavy atom. The fourth-order valence-electron chi connectivity index (χ4n) is 3.08. The molecule has 0 aliphatic carbocycles. The molecule has 0 fully saturated rings. The van der Waals surface area contributed by atoms with Crippen LogP contribution in [0.2, 0.25) is 5.02 Å². The van der Waals surface area contributed by atoms with Gasteiger partial charge >= 0.3 is 0 Å². The number of rotatable bonds is 11. The molecule has 0 atom stereocenters. The number of nitrogens with zero attached hydrogens (tertiary/aromatic N) is 2. The van der Waals surface area contributed by atoms with E-state index in [0.29, 0.717) is 28.7 Å². The molecule has 1 N–H and O–H groups in total. The number of likely N-dealkylation sites (N-methyl/N-ethyl adjacent to an activating group) is 1. The Balaban J connectivity index is 1.76. The van der Waals surface area contributed by atoms with Crippen LogP contribution in [0.25, 0.3) is 0 Å². The van der Waals surface area contributed by atoms with Gasteiger partial charge in [0.05, 0.1) is 23.9 Å². The Labute approximate surface area is 205 Å². The van der Waals surface area contributed by atoms with Gasteiger partial charge in [-0.25, -0.2) is 8.42 Å². The third-order valence-electron chi connectivity index (χ3n) is 4.95. The summed E-state index contributed by atoms with van der Waals surface area (Å²) >= 11 is 6.10. The predicted octanol–water partition coefficient (Wildman–Crippen LogP) is 4.37. The lowest BCUT2D eigenvalue weighted by molar-refractivity contribution is 0.249. The summed E-state index contributed by atoms with van der Waals surface area (Å²) < 4.78 is 45.7. The number of methoxy groups -OCH3 is 1. The molecule has 8 nitrogen and oxygen atoms in total. The Morgan fingerprint density at radius 2 is 1.85 bits per heavy atom. The Kier molecular flexibility index (Phi) is 8.60. The third kappa shape index (κ3) is 6.53. The summed E-state index contributed by atoms with van der Waals surface area (Å²) in [6.07, 6.45) is 2.94. The molecule has 0 bridgehead atoms. The molecule has 0 saturated heterocycles.